The number of likely N-dealkylation sites (N-methyl/N-ethyl adjacent to an activating group) is 1. The molecule has 1 aliphatic rings. The summed E-state index contributed by atoms with van der Waals surface area (Å²) in [7, 11) is 1.85. The first-order chi connectivity index (χ1) is 9.16. The van der Waals surface area contributed by atoms with E-state index < -0.39 is 0 Å². The van der Waals surface area contributed by atoms with Crippen molar-refractivity contribution in [3.63, 3.8) is 0 Å². The van der Waals surface area contributed by atoms with E-state index in [-0.39, 0.29) is 24.9 Å². The summed E-state index contributed by atoms with van der Waals surface area (Å²) in [4.78, 5) is 13.8. The molecule has 1 aliphatic heterocycles. The van der Waals surface area contributed by atoms with Crippen molar-refractivity contribution in [2.45, 2.75) is 18.9 Å². The highest BCUT2D eigenvalue weighted by Crippen LogP contribution is 2.17. The van der Waals surface area contributed by atoms with E-state index in [1.54, 1.807) is 29.2 Å². The highest BCUT2D eigenvalue weighted by atomic mass is 35.5. The summed E-state index contributed by atoms with van der Waals surface area (Å²) in [5.41, 5.74) is 0. The SMILES string of the molecule is CN(C(=O)COc1cccc(Cl)c1)C1CCNCC1.Cl. The van der Waals surface area contributed by atoms with Gasteiger partial charge in [0.25, 0.3) is 5.91 Å². The first-order valence-corrected chi connectivity index (χ1v) is 6.89. The Bertz CT molecular complexity index is 437. The van der Waals surface area contributed by atoms with Crippen LogP contribution in [0.3, 0.4) is 0 Å². The number of carbonyl (C=O) groups is 1. The van der Waals surface area contributed by atoms with Gasteiger partial charge in [-0.1, -0.05) is 17.7 Å². The van der Waals surface area contributed by atoms with Crippen LogP contribution in [-0.4, -0.2) is 43.6 Å². The van der Waals surface area contributed by atoms with E-state index in [0.29, 0.717) is 16.8 Å². The van der Waals surface area contributed by atoms with E-state index in [4.69, 9.17) is 16.3 Å². The van der Waals surface area contributed by atoms with Crippen molar-refractivity contribution >= 4 is 29.9 Å². The molecule has 4 nitrogen and oxygen atoms in total. The van der Waals surface area contributed by atoms with Crippen molar-refractivity contribution in [3.8, 4) is 5.75 Å². The number of nitrogens with zero attached hydrogens (tertiary/aromatic N) is 1. The minimum absolute atomic E-state index is 0. The average Bonchev–Trinajstić information content (AvgIpc) is 2.45. The van der Waals surface area contributed by atoms with Crippen LogP contribution in [0.4, 0.5) is 0 Å². The Morgan fingerprint density at radius 1 is 1.45 bits per heavy atom. The van der Waals surface area contributed by atoms with E-state index in [2.05, 4.69) is 5.32 Å². The summed E-state index contributed by atoms with van der Waals surface area (Å²) in [6.45, 7) is 2.00. The molecule has 0 bridgehead atoms. The fourth-order valence-electron chi connectivity index (χ4n) is 2.20. The van der Waals surface area contributed by atoms with Gasteiger partial charge >= 0.3 is 0 Å². The lowest BCUT2D eigenvalue weighted by atomic mass is 10.1. The van der Waals surface area contributed by atoms with Crippen molar-refractivity contribution in [1.29, 1.82) is 0 Å². The second-order valence-corrected chi connectivity index (χ2v) is 5.17. The van der Waals surface area contributed by atoms with Gasteiger partial charge in [0.15, 0.2) is 6.61 Å². The molecule has 0 radical (unpaired) electrons. The van der Waals surface area contributed by atoms with Crippen LogP contribution in [0.25, 0.3) is 0 Å². The summed E-state index contributed by atoms with van der Waals surface area (Å²) < 4.78 is 5.47. The Morgan fingerprint density at radius 2 is 2.15 bits per heavy atom. The van der Waals surface area contributed by atoms with E-state index in [1.165, 1.54) is 0 Å². The highest BCUT2D eigenvalue weighted by Gasteiger charge is 2.21. The first kappa shape index (κ1) is 17.1. The largest absolute Gasteiger partial charge is 0.484 e. The molecule has 112 valence electrons. The standard InChI is InChI=1S/C14H19ClN2O2.ClH/c1-17(12-5-7-16-8-6-12)14(18)10-19-13-4-2-3-11(15)9-13;/h2-4,9,12,16H,5-8,10H2,1H3;1H. The molecule has 0 spiro atoms. The zero-order chi connectivity index (χ0) is 13.7. The minimum Gasteiger partial charge on any atom is -0.484 e. The van der Waals surface area contributed by atoms with Gasteiger partial charge in [0.1, 0.15) is 5.75 Å². The number of ether oxygens (including phenoxy) is 1. The molecule has 1 aromatic rings. The third kappa shape index (κ3) is 4.85. The van der Waals surface area contributed by atoms with Gasteiger partial charge in [-0.2, -0.15) is 0 Å². The van der Waals surface area contributed by atoms with Crippen LogP contribution in [0.2, 0.25) is 5.02 Å². The Hall–Kier alpha value is -0.970. The van der Waals surface area contributed by atoms with E-state index >= 15 is 0 Å². The van der Waals surface area contributed by atoms with Gasteiger partial charge in [-0.3, -0.25) is 4.79 Å². The number of nitrogens with one attached hydrogen (secondary N) is 1. The van der Waals surface area contributed by atoms with Crippen LogP contribution in [-0.2, 0) is 4.79 Å². The molecule has 1 amide bonds. The Labute approximate surface area is 130 Å². The predicted octanol–water partition coefficient (Wildman–Crippen LogP) is 2.35. The third-order valence-electron chi connectivity index (χ3n) is 3.41. The summed E-state index contributed by atoms with van der Waals surface area (Å²) in [6, 6.07) is 7.40. The Balaban J connectivity index is 0.00000200. The van der Waals surface area contributed by atoms with Gasteiger partial charge in [-0.05, 0) is 44.1 Å². The molecule has 2 rings (SSSR count). The molecule has 1 aromatic carbocycles. The number of amides is 1. The van der Waals surface area contributed by atoms with Crippen LogP contribution in [0.15, 0.2) is 24.3 Å². The van der Waals surface area contributed by atoms with Crippen LogP contribution in [0, 0.1) is 0 Å². The predicted molar refractivity (Wildman–Crippen MR) is 82.9 cm³/mol. The summed E-state index contributed by atoms with van der Waals surface area (Å²) in [5.74, 6) is 0.631. The molecule has 0 atom stereocenters. The Morgan fingerprint density at radius 3 is 2.80 bits per heavy atom. The molecule has 20 heavy (non-hydrogen) atoms. The van der Waals surface area contributed by atoms with Gasteiger partial charge in [-0.15, -0.1) is 12.4 Å². The number of hydrogen-bond acceptors (Lipinski definition) is 3. The van der Waals surface area contributed by atoms with E-state index in [9.17, 15) is 4.79 Å². The molecular weight excluding hydrogens is 299 g/mol. The molecule has 0 saturated carbocycles. The normalized spacial score (nSPS) is 15.3. The number of halogens is 2. The molecule has 1 fully saturated rings. The average molecular weight is 319 g/mol. The number of rotatable bonds is 4. The molecule has 1 N–H and O–H groups in total. The smallest absolute Gasteiger partial charge is 0.260 e. The Kier molecular flexibility index (Phi) is 7.13. The lowest BCUT2D eigenvalue weighted by molar-refractivity contribution is -0.134. The van der Waals surface area contributed by atoms with Gasteiger partial charge in [0.2, 0.25) is 0 Å². The van der Waals surface area contributed by atoms with E-state index in [1.807, 2.05) is 7.05 Å². The summed E-state index contributed by atoms with van der Waals surface area (Å²) >= 11 is 5.86. The fraction of sp³-hybridized carbons (Fsp3) is 0.500. The van der Waals surface area contributed by atoms with Crippen molar-refractivity contribution in [2.24, 2.45) is 0 Å². The highest BCUT2D eigenvalue weighted by molar-refractivity contribution is 6.30. The zero-order valence-corrected chi connectivity index (χ0v) is 13.0. The molecule has 0 aliphatic carbocycles. The number of piperidine rings is 1. The molecule has 6 heteroatoms. The van der Waals surface area contributed by atoms with Crippen molar-refractivity contribution in [1.82, 2.24) is 10.2 Å². The summed E-state index contributed by atoms with van der Waals surface area (Å²) in [5, 5.41) is 3.90. The van der Waals surface area contributed by atoms with Crippen molar-refractivity contribution in [2.75, 3.05) is 26.7 Å². The van der Waals surface area contributed by atoms with Crippen molar-refractivity contribution < 1.29 is 9.53 Å². The van der Waals surface area contributed by atoms with Crippen LogP contribution in [0.5, 0.6) is 5.75 Å². The van der Waals surface area contributed by atoms with Crippen molar-refractivity contribution in [3.05, 3.63) is 29.3 Å². The van der Waals surface area contributed by atoms with Crippen LogP contribution >= 0.6 is 24.0 Å². The second kappa shape index (κ2) is 8.35. The fourth-order valence-corrected chi connectivity index (χ4v) is 2.38. The van der Waals surface area contributed by atoms with Gasteiger partial charge < -0.3 is 15.0 Å². The minimum atomic E-state index is 0. The lowest BCUT2D eigenvalue weighted by Crippen LogP contribution is -2.45. The maximum absolute atomic E-state index is 12.0. The second-order valence-electron chi connectivity index (χ2n) is 4.73. The molecular formula is C14H20Cl2N2O2. The maximum Gasteiger partial charge on any atom is 0.260 e. The van der Waals surface area contributed by atoms with E-state index in [0.717, 1.165) is 25.9 Å². The number of benzene rings is 1. The maximum atomic E-state index is 12.0. The lowest BCUT2D eigenvalue weighted by Gasteiger charge is -2.31. The van der Waals surface area contributed by atoms with Gasteiger partial charge in [0, 0.05) is 18.1 Å². The topological polar surface area (TPSA) is 41.6 Å². The molecule has 1 saturated heterocycles. The monoisotopic (exact) mass is 318 g/mol. The zero-order valence-electron chi connectivity index (χ0n) is 11.5. The number of carbonyl (C=O) groups excluding carboxylic acids is 1. The van der Waals surface area contributed by atoms with Gasteiger partial charge in [0.05, 0.1) is 0 Å². The van der Waals surface area contributed by atoms with Crippen LogP contribution in [0.1, 0.15) is 12.8 Å². The molecule has 1 heterocycles. The number of hydrogen-bond donors (Lipinski definition) is 1. The molecule has 0 aromatic heterocycles. The third-order valence-corrected chi connectivity index (χ3v) is 3.64. The van der Waals surface area contributed by atoms with Crippen LogP contribution < -0.4 is 10.1 Å². The van der Waals surface area contributed by atoms with Gasteiger partial charge in [-0.25, -0.2) is 0 Å². The molecule has 0 unspecified atom stereocenters. The summed E-state index contributed by atoms with van der Waals surface area (Å²) in [6.07, 6.45) is 2.00. The quantitative estimate of drug-likeness (QED) is 0.926. The first-order valence-electron chi connectivity index (χ1n) is 6.51.